The van der Waals surface area contributed by atoms with Gasteiger partial charge in [0.25, 0.3) is 0 Å². The van der Waals surface area contributed by atoms with E-state index in [1.165, 1.54) is 28.6 Å². The van der Waals surface area contributed by atoms with E-state index in [0.717, 1.165) is 37.7 Å². The number of halogens is 4. The minimum absolute atomic E-state index is 0.0258. The van der Waals surface area contributed by atoms with E-state index in [0.29, 0.717) is 29.2 Å². The standard InChI is InChI=1S/C23H27ClF3N3O6S2/c1-37(32,33)30(17-5-10-21(24)20(15-17)23(25,26)27)16-22(31)28-11-14-36-18-6-8-19(9-7-18)38(34,35)29-12-3-2-4-13-29/h5-10,15H,2-4,11-14,16H2,1H3,(H,28,31). The van der Waals surface area contributed by atoms with Crippen LogP contribution in [0.15, 0.2) is 47.4 Å². The Balaban J connectivity index is 1.55. The molecule has 3 rings (SSSR count). The van der Waals surface area contributed by atoms with Gasteiger partial charge in [0.15, 0.2) is 0 Å². The lowest BCUT2D eigenvalue weighted by Gasteiger charge is -2.25. The van der Waals surface area contributed by atoms with E-state index in [2.05, 4.69) is 5.32 Å². The van der Waals surface area contributed by atoms with Crippen LogP contribution in [0.2, 0.25) is 5.02 Å². The van der Waals surface area contributed by atoms with Crippen molar-refractivity contribution in [2.24, 2.45) is 0 Å². The molecule has 0 bridgehead atoms. The molecule has 0 atom stereocenters. The molecule has 0 radical (unpaired) electrons. The number of nitrogens with zero attached hydrogens (tertiary/aromatic N) is 2. The topological polar surface area (TPSA) is 113 Å². The van der Waals surface area contributed by atoms with E-state index < -0.39 is 49.3 Å². The van der Waals surface area contributed by atoms with E-state index in [1.54, 1.807) is 0 Å². The average molecular weight is 598 g/mol. The highest BCUT2D eigenvalue weighted by atomic mass is 35.5. The van der Waals surface area contributed by atoms with Crippen LogP contribution in [0.3, 0.4) is 0 Å². The van der Waals surface area contributed by atoms with Gasteiger partial charge in [-0.3, -0.25) is 9.10 Å². The predicted octanol–water partition coefficient (Wildman–Crippen LogP) is 3.49. The second-order valence-electron chi connectivity index (χ2n) is 8.57. The molecular weight excluding hydrogens is 571 g/mol. The minimum Gasteiger partial charge on any atom is -0.492 e. The summed E-state index contributed by atoms with van der Waals surface area (Å²) in [5.41, 5.74) is -1.59. The molecule has 15 heteroatoms. The summed E-state index contributed by atoms with van der Waals surface area (Å²) < 4.78 is 96.8. The Morgan fingerprint density at radius 1 is 1.05 bits per heavy atom. The average Bonchev–Trinajstić information content (AvgIpc) is 2.85. The van der Waals surface area contributed by atoms with Crippen LogP contribution in [-0.2, 0) is 31.0 Å². The largest absolute Gasteiger partial charge is 0.492 e. The predicted molar refractivity (Wildman–Crippen MR) is 136 cm³/mol. The Labute approximate surface area is 224 Å². The number of amides is 1. The van der Waals surface area contributed by atoms with Gasteiger partial charge in [-0.2, -0.15) is 17.5 Å². The van der Waals surface area contributed by atoms with Gasteiger partial charge < -0.3 is 10.1 Å². The third-order valence-corrected chi connectivity index (χ3v) is 9.08. The highest BCUT2D eigenvalue weighted by Gasteiger charge is 2.34. The van der Waals surface area contributed by atoms with Crippen LogP contribution in [0.1, 0.15) is 24.8 Å². The maximum Gasteiger partial charge on any atom is 0.417 e. The fourth-order valence-electron chi connectivity index (χ4n) is 3.79. The number of benzene rings is 2. The van der Waals surface area contributed by atoms with Gasteiger partial charge in [0.1, 0.15) is 18.9 Å². The molecule has 1 fully saturated rings. The lowest BCUT2D eigenvalue weighted by Crippen LogP contribution is -2.41. The Morgan fingerprint density at radius 2 is 1.68 bits per heavy atom. The van der Waals surface area contributed by atoms with E-state index in [1.807, 2.05) is 0 Å². The number of hydrogen-bond acceptors (Lipinski definition) is 6. The molecule has 9 nitrogen and oxygen atoms in total. The number of hydrogen-bond donors (Lipinski definition) is 1. The lowest BCUT2D eigenvalue weighted by molar-refractivity contribution is -0.137. The second kappa shape index (κ2) is 12.1. The SMILES string of the molecule is CS(=O)(=O)N(CC(=O)NCCOc1ccc(S(=O)(=O)N2CCCCC2)cc1)c1ccc(Cl)c(C(F)(F)F)c1. The van der Waals surface area contributed by atoms with Crippen molar-refractivity contribution in [3.8, 4) is 5.75 Å². The van der Waals surface area contributed by atoms with Crippen molar-refractivity contribution in [1.82, 2.24) is 9.62 Å². The van der Waals surface area contributed by atoms with Gasteiger partial charge in [-0.05, 0) is 55.3 Å². The first-order valence-electron chi connectivity index (χ1n) is 11.5. The summed E-state index contributed by atoms with van der Waals surface area (Å²) in [6, 6.07) is 8.39. The summed E-state index contributed by atoms with van der Waals surface area (Å²) in [6.07, 6.45) is -1.40. The molecular formula is C23H27ClF3N3O6S2. The first kappa shape index (κ1) is 30.0. The van der Waals surface area contributed by atoms with E-state index in [4.69, 9.17) is 16.3 Å². The highest BCUT2D eigenvalue weighted by Crippen LogP contribution is 2.37. The third-order valence-electron chi connectivity index (χ3n) is 5.70. The second-order valence-corrected chi connectivity index (χ2v) is 12.8. The van der Waals surface area contributed by atoms with E-state index >= 15 is 0 Å². The number of nitrogens with one attached hydrogen (secondary N) is 1. The summed E-state index contributed by atoms with van der Waals surface area (Å²) in [5, 5.41) is 1.84. The lowest BCUT2D eigenvalue weighted by atomic mass is 10.2. The van der Waals surface area contributed by atoms with Gasteiger partial charge >= 0.3 is 6.18 Å². The highest BCUT2D eigenvalue weighted by molar-refractivity contribution is 7.92. The number of ether oxygens (including phenoxy) is 1. The number of carbonyl (C=O) groups excluding carboxylic acids is 1. The molecule has 1 saturated heterocycles. The first-order valence-corrected chi connectivity index (χ1v) is 15.2. The smallest absolute Gasteiger partial charge is 0.417 e. The molecule has 0 aromatic heterocycles. The molecule has 0 aliphatic carbocycles. The summed E-state index contributed by atoms with van der Waals surface area (Å²) >= 11 is 5.59. The Kier molecular flexibility index (Phi) is 9.55. The Bertz CT molecular complexity index is 1350. The molecule has 2 aromatic rings. The maximum atomic E-state index is 13.2. The minimum atomic E-state index is -4.81. The molecule has 1 amide bonds. The van der Waals surface area contributed by atoms with Crippen molar-refractivity contribution < 1.29 is 39.5 Å². The molecule has 1 aliphatic rings. The first-order chi connectivity index (χ1) is 17.7. The van der Waals surface area contributed by atoms with Crippen molar-refractivity contribution in [2.45, 2.75) is 30.3 Å². The fraction of sp³-hybridized carbons (Fsp3) is 0.435. The van der Waals surface area contributed by atoms with Crippen LogP contribution in [0.5, 0.6) is 5.75 Å². The number of sulfonamides is 2. The zero-order valence-corrected chi connectivity index (χ0v) is 22.8. The number of alkyl halides is 3. The van der Waals surface area contributed by atoms with Crippen molar-refractivity contribution >= 4 is 43.2 Å². The van der Waals surface area contributed by atoms with Gasteiger partial charge in [0, 0.05) is 13.1 Å². The van der Waals surface area contributed by atoms with Crippen LogP contribution < -0.4 is 14.4 Å². The van der Waals surface area contributed by atoms with Crippen LogP contribution in [-0.4, -0.2) is 66.1 Å². The van der Waals surface area contributed by atoms with Crippen LogP contribution in [0.25, 0.3) is 0 Å². The Hall–Kier alpha value is -2.55. The van der Waals surface area contributed by atoms with Crippen LogP contribution >= 0.6 is 11.6 Å². The third kappa shape index (κ3) is 7.74. The zero-order chi connectivity index (χ0) is 28.1. The molecule has 1 aliphatic heterocycles. The van der Waals surface area contributed by atoms with Gasteiger partial charge in [0.05, 0.1) is 34.0 Å². The van der Waals surface area contributed by atoms with Crippen molar-refractivity contribution in [2.75, 3.05) is 43.3 Å². The molecule has 2 aromatic carbocycles. The quantitative estimate of drug-likeness (QED) is 0.420. The number of piperidine rings is 1. The van der Waals surface area contributed by atoms with E-state index in [9.17, 15) is 34.8 Å². The normalized spacial score (nSPS) is 15.2. The number of rotatable bonds is 10. The van der Waals surface area contributed by atoms with Gasteiger partial charge in [0.2, 0.25) is 26.0 Å². The van der Waals surface area contributed by atoms with Crippen molar-refractivity contribution in [1.29, 1.82) is 0 Å². The summed E-state index contributed by atoms with van der Waals surface area (Å²) in [7, 11) is -7.69. The number of anilines is 1. The van der Waals surface area contributed by atoms with Gasteiger partial charge in [-0.1, -0.05) is 18.0 Å². The Morgan fingerprint density at radius 3 is 2.26 bits per heavy atom. The zero-order valence-electron chi connectivity index (χ0n) is 20.4. The summed E-state index contributed by atoms with van der Waals surface area (Å²) in [4.78, 5) is 12.5. The van der Waals surface area contributed by atoms with Gasteiger partial charge in [-0.15, -0.1) is 0 Å². The maximum absolute atomic E-state index is 13.2. The molecule has 1 heterocycles. The van der Waals surface area contributed by atoms with Crippen molar-refractivity contribution in [3.63, 3.8) is 0 Å². The summed E-state index contributed by atoms with van der Waals surface area (Å²) in [6.45, 7) is 0.138. The molecule has 0 spiro atoms. The van der Waals surface area contributed by atoms with E-state index in [-0.39, 0.29) is 23.7 Å². The van der Waals surface area contributed by atoms with Crippen LogP contribution in [0.4, 0.5) is 18.9 Å². The molecule has 1 N–H and O–H groups in total. The molecule has 0 unspecified atom stereocenters. The number of carbonyl (C=O) groups is 1. The molecule has 0 saturated carbocycles. The fourth-order valence-corrected chi connectivity index (χ4v) is 6.38. The van der Waals surface area contributed by atoms with Crippen molar-refractivity contribution in [3.05, 3.63) is 53.1 Å². The summed E-state index contributed by atoms with van der Waals surface area (Å²) in [5.74, 6) is -0.416. The molecule has 38 heavy (non-hydrogen) atoms. The van der Waals surface area contributed by atoms with Gasteiger partial charge in [-0.25, -0.2) is 16.8 Å². The molecule has 210 valence electrons. The van der Waals surface area contributed by atoms with Crippen LogP contribution in [0, 0.1) is 0 Å². The monoisotopic (exact) mass is 597 g/mol.